The molecular formula is C52H101NO5. The lowest BCUT2D eigenvalue weighted by Gasteiger charge is -2.22. The summed E-state index contributed by atoms with van der Waals surface area (Å²) in [4.78, 5) is 24.4. The standard InChI is InChI=1S/C52H101NO5/c1-3-5-7-9-11-13-15-21-26-30-34-38-42-46-52(57)58-47-43-39-35-31-27-23-20-18-16-17-19-22-25-29-33-37-41-45-51(56)53-49(48-54)50(55)44-40-36-32-28-24-14-12-10-8-6-4-2/h13,15,49-50,54-55H,3-12,14,16-48H2,1-2H3,(H,53,56)/b15-13-. The first-order valence-corrected chi connectivity index (χ1v) is 25.9. The first kappa shape index (κ1) is 56.6. The van der Waals surface area contributed by atoms with Crippen LogP contribution in [0.4, 0.5) is 0 Å². The molecule has 0 spiro atoms. The van der Waals surface area contributed by atoms with Gasteiger partial charge in [-0.25, -0.2) is 0 Å². The van der Waals surface area contributed by atoms with E-state index >= 15 is 0 Å². The van der Waals surface area contributed by atoms with Gasteiger partial charge in [0.1, 0.15) is 0 Å². The number of hydrogen-bond donors (Lipinski definition) is 3. The number of allylic oxidation sites excluding steroid dienone is 2. The number of esters is 1. The Bertz CT molecular complexity index is 863. The molecule has 0 aliphatic rings. The fourth-order valence-corrected chi connectivity index (χ4v) is 8.05. The molecule has 58 heavy (non-hydrogen) atoms. The molecule has 0 saturated heterocycles. The van der Waals surface area contributed by atoms with Crippen molar-refractivity contribution in [1.82, 2.24) is 5.32 Å². The van der Waals surface area contributed by atoms with Crippen LogP contribution in [0.5, 0.6) is 0 Å². The van der Waals surface area contributed by atoms with Gasteiger partial charge in [0.05, 0.1) is 25.4 Å². The lowest BCUT2D eigenvalue weighted by molar-refractivity contribution is -0.143. The summed E-state index contributed by atoms with van der Waals surface area (Å²) >= 11 is 0. The quantitative estimate of drug-likeness (QED) is 0.0323. The first-order valence-electron chi connectivity index (χ1n) is 25.9. The SMILES string of the molecule is CCCCCC/C=C\CCCCCCCC(=O)OCCCCCCCCCCCCCCCCCCCC(=O)NC(CO)C(O)CCCCCCCCCCCCC. The van der Waals surface area contributed by atoms with Crippen molar-refractivity contribution >= 4 is 11.9 Å². The number of ether oxygens (including phenoxy) is 1. The number of carbonyl (C=O) groups is 2. The van der Waals surface area contributed by atoms with E-state index in [1.165, 1.54) is 205 Å². The normalized spacial score (nSPS) is 12.7. The summed E-state index contributed by atoms with van der Waals surface area (Å²) in [5, 5.41) is 23.1. The number of rotatable bonds is 48. The molecule has 1 amide bonds. The molecule has 0 saturated carbocycles. The van der Waals surface area contributed by atoms with Crippen LogP contribution in [-0.4, -0.2) is 47.4 Å². The van der Waals surface area contributed by atoms with E-state index in [9.17, 15) is 19.8 Å². The van der Waals surface area contributed by atoms with Crippen molar-refractivity contribution in [3.05, 3.63) is 12.2 Å². The molecule has 0 fully saturated rings. The fourth-order valence-electron chi connectivity index (χ4n) is 8.05. The highest BCUT2D eigenvalue weighted by Gasteiger charge is 2.20. The molecule has 0 radical (unpaired) electrons. The highest BCUT2D eigenvalue weighted by atomic mass is 16.5. The highest BCUT2D eigenvalue weighted by molar-refractivity contribution is 5.76. The van der Waals surface area contributed by atoms with Crippen molar-refractivity contribution in [3.63, 3.8) is 0 Å². The summed E-state index contributed by atoms with van der Waals surface area (Å²) in [7, 11) is 0. The van der Waals surface area contributed by atoms with E-state index in [2.05, 4.69) is 31.3 Å². The molecule has 0 bridgehead atoms. The largest absolute Gasteiger partial charge is 0.466 e. The zero-order chi connectivity index (χ0) is 42.3. The van der Waals surface area contributed by atoms with E-state index in [0.29, 0.717) is 25.9 Å². The maximum absolute atomic E-state index is 12.4. The second-order valence-electron chi connectivity index (χ2n) is 17.9. The Morgan fingerprint density at radius 1 is 0.466 bits per heavy atom. The molecule has 0 heterocycles. The maximum Gasteiger partial charge on any atom is 0.305 e. The topological polar surface area (TPSA) is 95.9 Å². The number of hydrogen-bond acceptors (Lipinski definition) is 5. The average molecular weight is 820 g/mol. The van der Waals surface area contributed by atoms with Crippen LogP contribution >= 0.6 is 0 Å². The number of amides is 1. The summed E-state index contributed by atoms with van der Waals surface area (Å²) in [6.45, 7) is 4.92. The second kappa shape index (κ2) is 48.3. The van der Waals surface area contributed by atoms with Crippen molar-refractivity contribution in [2.75, 3.05) is 13.2 Å². The van der Waals surface area contributed by atoms with Crippen molar-refractivity contribution in [2.24, 2.45) is 0 Å². The van der Waals surface area contributed by atoms with Crippen molar-refractivity contribution in [2.45, 2.75) is 296 Å². The Labute approximate surface area is 361 Å². The maximum atomic E-state index is 12.4. The van der Waals surface area contributed by atoms with Crippen LogP contribution < -0.4 is 5.32 Å². The summed E-state index contributed by atoms with van der Waals surface area (Å²) < 4.78 is 5.46. The number of aliphatic hydroxyl groups excluding tert-OH is 2. The summed E-state index contributed by atoms with van der Waals surface area (Å²) in [5.74, 6) is -0.0450. The summed E-state index contributed by atoms with van der Waals surface area (Å²) in [6.07, 6.45) is 54.7. The molecule has 2 unspecified atom stereocenters. The molecule has 0 aliphatic carbocycles. The predicted octanol–water partition coefficient (Wildman–Crippen LogP) is 15.3. The van der Waals surface area contributed by atoms with Gasteiger partial charge in [0.2, 0.25) is 5.91 Å². The average Bonchev–Trinajstić information content (AvgIpc) is 3.22. The van der Waals surface area contributed by atoms with Gasteiger partial charge in [-0.15, -0.1) is 0 Å². The van der Waals surface area contributed by atoms with Crippen molar-refractivity contribution in [1.29, 1.82) is 0 Å². The van der Waals surface area contributed by atoms with Gasteiger partial charge in [-0.2, -0.15) is 0 Å². The molecule has 6 heteroatoms. The van der Waals surface area contributed by atoms with E-state index in [-0.39, 0.29) is 18.5 Å². The minimum absolute atomic E-state index is 0.00390. The zero-order valence-electron chi connectivity index (χ0n) is 39.0. The van der Waals surface area contributed by atoms with Gasteiger partial charge in [0.15, 0.2) is 0 Å². The Kier molecular flexibility index (Phi) is 47.1. The lowest BCUT2D eigenvalue weighted by Crippen LogP contribution is -2.45. The third kappa shape index (κ3) is 44.2. The van der Waals surface area contributed by atoms with Gasteiger partial charge in [-0.05, 0) is 51.4 Å². The van der Waals surface area contributed by atoms with Crippen LogP contribution in [0.25, 0.3) is 0 Å². The molecule has 0 aromatic carbocycles. The van der Waals surface area contributed by atoms with E-state index in [1.54, 1.807) is 0 Å². The van der Waals surface area contributed by atoms with E-state index in [4.69, 9.17) is 4.74 Å². The summed E-state index contributed by atoms with van der Waals surface area (Å²) in [6, 6.07) is -0.543. The third-order valence-corrected chi connectivity index (χ3v) is 12.1. The molecular weight excluding hydrogens is 719 g/mol. The Morgan fingerprint density at radius 3 is 1.24 bits per heavy atom. The fraction of sp³-hybridized carbons (Fsp3) is 0.923. The van der Waals surface area contributed by atoms with Gasteiger partial charge in [0, 0.05) is 12.8 Å². The van der Waals surface area contributed by atoms with Crippen LogP contribution in [0.2, 0.25) is 0 Å². The third-order valence-electron chi connectivity index (χ3n) is 12.1. The molecule has 0 rings (SSSR count). The van der Waals surface area contributed by atoms with Gasteiger partial charge >= 0.3 is 5.97 Å². The Balaban J connectivity index is 3.40. The number of aliphatic hydroxyl groups is 2. The van der Waals surface area contributed by atoms with Gasteiger partial charge in [-0.1, -0.05) is 231 Å². The molecule has 2 atom stereocenters. The van der Waals surface area contributed by atoms with E-state index < -0.39 is 12.1 Å². The molecule has 0 aromatic rings. The smallest absolute Gasteiger partial charge is 0.305 e. The number of carbonyl (C=O) groups excluding carboxylic acids is 2. The minimum atomic E-state index is -0.665. The number of unbranched alkanes of at least 4 members (excludes halogenated alkanes) is 35. The zero-order valence-corrected chi connectivity index (χ0v) is 39.0. The van der Waals surface area contributed by atoms with Crippen LogP contribution in [0, 0.1) is 0 Å². The van der Waals surface area contributed by atoms with Crippen LogP contribution in [0.3, 0.4) is 0 Å². The highest BCUT2D eigenvalue weighted by Crippen LogP contribution is 2.17. The molecule has 6 nitrogen and oxygen atoms in total. The molecule has 0 aromatic heterocycles. The lowest BCUT2D eigenvalue weighted by atomic mass is 10.0. The molecule has 3 N–H and O–H groups in total. The van der Waals surface area contributed by atoms with Crippen LogP contribution in [-0.2, 0) is 14.3 Å². The van der Waals surface area contributed by atoms with E-state index in [0.717, 1.165) is 44.9 Å². The molecule has 0 aliphatic heterocycles. The van der Waals surface area contributed by atoms with Crippen LogP contribution in [0.15, 0.2) is 12.2 Å². The Hall–Kier alpha value is -1.40. The van der Waals surface area contributed by atoms with Crippen molar-refractivity contribution in [3.8, 4) is 0 Å². The van der Waals surface area contributed by atoms with Gasteiger partial charge in [-0.3, -0.25) is 9.59 Å². The van der Waals surface area contributed by atoms with Crippen molar-refractivity contribution < 1.29 is 24.5 Å². The first-order chi connectivity index (χ1) is 28.5. The van der Waals surface area contributed by atoms with E-state index in [1.807, 2.05) is 0 Å². The Morgan fingerprint density at radius 2 is 0.810 bits per heavy atom. The van der Waals surface area contributed by atoms with Gasteiger partial charge < -0.3 is 20.3 Å². The predicted molar refractivity (Wildman–Crippen MR) is 250 cm³/mol. The summed E-state index contributed by atoms with van der Waals surface area (Å²) in [5.41, 5.74) is 0. The number of nitrogens with one attached hydrogen (secondary N) is 1. The minimum Gasteiger partial charge on any atom is -0.466 e. The van der Waals surface area contributed by atoms with Gasteiger partial charge in [0.25, 0.3) is 0 Å². The van der Waals surface area contributed by atoms with Crippen LogP contribution in [0.1, 0.15) is 284 Å². The second-order valence-corrected chi connectivity index (χ2v) is 17.9. The monoisotopic (exact) mass is 820 g/mol. The molecule has 344 valence electrons.